The SMILES string of the molecule is NC(=NCC1CC(=O)N(C2CC2)C1)N1CCN(c2nccs2)CC1. The van der Waals surface area contributed by atoms with E-state index in [2.05, 4.69) is 19.8 Å². The van der Waals surface area contributed by atoms with Gasteiger partial charge in [-0.15, -0.1) is 11.3 Å². The lowest BCUT2D eigenvalue weighted by Gasteiger charge is -2.35. The number of guanidine groups is 1. The molecule has 2 N–H and O–H groups in total. The number of likely N-dealkylation sites (tertiary alicyclic amines) is 1. The van der Waals surface area contributed by atoms with Gasteiger partial charge in [-0.2, -0.15) is 0 Å². The van der Waals surface area contributed by atoms with E-state index in [0.717, 1.165) is 37.9 Å². The molecule has 1 unspecified atom stereocenters. The Morgan fingerprint density at radius 1 is 1.33 bits per heavy atom. The summed E-state index contributed by atoms with van der Waals surface area (Å²) in [5.41, 5.74) is 6.18. The van der Waals surface area contributed by atoms with Gasteiger partial charge < -0.3 is 20.4 Å². The van der Waals surface area contributed by atoms with Crippen molar-refractivity contribution < 1.29 is 4.79 Å². The molecule has 3 heterocycles. The maximum absolute atomic E-state index is 12.0. The summed E-state index contributed by atoms with van der Waals surface area (Å²) in [6.07, 6.45) is 4.82. The predicted octanol–water partition coefficient (Wildman–Crippen LogP) is 0.591. The molecule has 3 fully saturated rings. The summed E-state index contributed by atoms with van der Waals surface area (Å²) < 4.78 is 0. The van der Waals surface area contributed by atoms with Crippen LogP contribution >= 0.6 is 11.3 Å². The number of piperazine rings is 1. The van der Waals surface area contributed by atoms with Gasteiger partial charge in [-0.1, -0.05) is 0 Å². The average molecular weight is 348 g/mol. The van der Waals surface area contributed by atoms with E-state index >= 15 is 0 Å². The maximum atomic E-state index is 12.0. The van der Waals surface area contributed by atoms with Crippen molar-refractivity contribution in [2.75, 3.05) is 44.2 Å². The summed E-state index contributed by atoms with van der Waals surface area (Å²) in [6.45, 7) is 5.09. The van der Waals surface area contributed by atoms with E-state index in [-0.39, 0.29) is 0 Å². The van der Waals surface area contributed by atoms with E-state index < -0.39 is 0 Å². The molecule has 1 aliphatic carbocycles. The first-order valence-corrected chi connectivity index (χ1v) is 9.57. The van der Waals surface area contributed by atoms with Gasteiger partial charge in [0.2, 0.25) is 5.91 Å². The third-order valence-electron chi connectivity index (χ3n) is 5.03. The van der Waals surface area contributed by atoms with Gasteiger partial charge in [0.15, 0.2) is 11.1 Å². The molecule has 1 aromatic rings. The number of anilines is 1. The van der Waals surface area contributed by atoms with Crippen LogP contribution < -0.4 is 10.6 Å². The number of carbonyl (C=O) groups is 1. The minimum absolute atomic E-state index is 0.299. The zero-order chi connectivity index (χ0) is 16.5. The highest BCUT2D eigenvalue weighted by Gasteiger charge is 2.39. The summed E-state index contributed by atoms with van der Waals surface area (Å²) in [5, 5.41) is 3.08. The highest BCUT2D eigenvalue weighted by Crippen LogP contribution is 2.32. The molecule has 1 saturated carbocycles. The molecule has 1 atom stereocenters. The van der Waals surface area contributed by atoms with Crippen molar-refractivity contribution >= 4 is 28.3 Å². The molecule has 1 amide bonds. The summed E-state index contributed by atoms with van der Waals surface area (Å²) >= 11 is 1.67. The van der Waals surface area contributed by atoms with Crippen LogP contribution in [0.15, 0.2) is 16.6 Å². The van der Waals surface area contributed by atoms with Gasteiger partial charge in [0.1, 0.15) is 0 Å². The molecule has 3 aliphatic rings. The number of aliphatic imine (C=N–C) groups is 1. The molecular weight excluding hydrogens is 324 g/mol. The first kappa shape index (κ1) is 15.7. The molecule has 0 bridgehead atoms. The van der Waals surface area contributed by atoms with Gasteiger partial charge >= 0.3 is 0 Å². The second kappa shape index (κ2) is 6.58. The molecule has 1 aromatic heterocycles. The molecule has 2 aliphatic heterocycles. The lowest BCUT2D eigenvalue weighted by atomic mass is 10.1. The largest absolute Gasteiger partial charge is 0.370 e. The molecule has 8 heteroatoms. The molecule has 24 heavy (non-hydrogen) atoms. The number of rotatable bonds is 4. The van der Waals surface area contributed by atoms with E-state index in [0.29, 0.717) is 36.8 Å². The van der Waals surface area contributed by atoms with Crippen molar-refractivity contribution in [3.05, 3.63) is 11.6 Å². The molecule has 130 valence electrons. The number of hydrogen-bond donors (Lipinski definition) is 1. The van der Waals surface area contributed by atoms with Gasteiger partial charge in [0.05, 0.1) is 0 Å². The Morgan fingerprint density at radius 2 is 2.12 bits per heavy atom. The van der Waals surface area contributed by atoms with Crippen molar-refractivity contribution in [2.24, 2.45) is 16.6 Å². The number of aromatic nitrogens is 1. The van der Waals surface area contributed by atoms with Crippen LogP contribution in [-0.2, 0) is 4.79 Å². The van der Waals surface area contributed by atoms with Crippen LogP contribution in [0.5, 0.6) is 0 Å². The fraction of sp³-hybridized carbons (Fsp3) is 0.688. The third-order valence-corrected chi connectivity index (χ3v) is 5.86. The fourth-order valence-corrected chi connectivity index (χ4v) is 4.19. The maximum Gasteiger partial charge on any atom is 0.223 e. The molecule has 0 spiro atoms. The lowest BCUT2D eigenvalue weighted by Crippen LogP contribution is -2.51. The second-order valence-electron chi connectivity index (χ2n) is 6.84. The zero-order valence-electron chi connectivity index (χ0n) is 13.8. The van der Waals surface area contributed by atoms with Gasteiger partial charge in [-0.3, -0.25) is 9.79 Å². The summed E-state index contributed by atoms with van der Waals surface area (Å²) in [7, 11) is 0. The molecule has 2 saturated heterocycles. The Morgan fingerprint density at radius 3 is 2.79 bits per heavy atom. The van der Waals surface area contributed by atoms with Gasteiger partial charge in [-0.05, 0) is 12.8 Å². The van der Waals surface area contributed by atoms with Crippen LogP contribution in [0, 0.1) is 5.92 Å². The minimum atomic E-state index is 0.299. The van der Waals surface area contributed by atoms with Crippen LogP contribution in [0.25, 0.3) is 0 Å². The Kier molecular flexibility index (Phi) is 4.30. The highest BCUT2D eigenvalue weighted by atomic mass is 32.1. The van der Waals surface area contributed by atoms with Gasteiger partial charge in [0, 0.05) is 69.2 Å². The predicted molar refractivity (Wildman–Crippen MR) is 95.2 cm³/mol. The standard InChI is InChI=1S/C16H24N6OS/c17-15(19-10-12-9-14(23)22(11-12)13-1-2-13)20-4-6-21(7-5-20)16-18-3-8-24-16/h3,8,12-13H,1-2,4-7,9-11H2,(H2,17,19). The summed E-state index contributed by atoms with van der Waals surface area (Å²) in [6, 6.07) is 0.516. The summed E-state index contributed by atoms with van der Waals surface area (Å²) in [5.74, 6) is 1.24. The number of nitrogens with two attached hydrogens (primary N) is 1. The van der Waals surface area contributed by atoms with Gasteiger partial charge in [-0.25, -0.2) is 4.98 Å². The first-order chi connectivity index (χ1) is 11.7. The minimum Gasteiger partial charge on any atom is -0.370 e. The van der Waals surface area contributed by atoms with Crippen molar-refractivity contribution in [2.45, 2.75) is 25.3 Å². The first-order valence-electron chi connectivity index (χ1n) is 8.69. The van der Waals surface area contributed by atoms with E-state index in [1.54, 1.807) is 11.3 Å². The number of hydrogen-bond acceptors (Lipinski definition) is 5. The number of thiazole rings is 1. The van der Waals surface area contributed by atoms with Crippen LogP contribution in [0.1, 0.15) is 19.3 Å². The number of nitrogens with zero attached hydrogens (tertiary/aromatic N) is 5. The lowest BCUT2D eigenvalue weighted by molar-refractivity contribution is -0.128. The Labute approximate surface area is 146 Å². The monoisotopic (exact) mass is 348 g/mol. The number of carbonyl (C=O) groups excluding carboxylic acids is 1. The quantitative estimate of drug-likeness (QED) is 0.636. The smallest absolute Gasteiger partial charge is 0.223 e. The average Bonchev–Trinajstić information content (AvgIpc) is 3.15. The van der Waals surface area contributed by atoms with Crippen molar-refractivity contribution in [3.8, 4) is 0 Å². The molecule has 7 nitrogen and oxygen atoms in total. The fourth-order valence-electron chi connectivity index (χ4n) is 3.49. The van der Waals surface area contributed by atoms with E-state index in [9.17, 15) is 4.79 Å². The van der Waals surface area contributed by atoms with Crippen LogP contribution in [0.3, 0.4) is 0 Å². The van der Waals surface area contributed by atoms with Crippen molar-refractivity contribution in [1.29, 1.82) is 0 Å². The molecule has 0 aromatic carbocycles. The Hall–Kier alpha value is -1.83. The topological polar surface area (TPSA) is 78.1 Å². The molecular formula is C16H24N6OS. The molecule has 4 rings (SSSR count). The van der Waals surface area contributed by atoms with Crippen LogP contribution in [-0.4, -0.2) is 72.0 Å². The van der Waals surface area contributed by atoms with Crippen molar-refractivity contribution in [1.82, 2.24) is 14.8 Å². The highest BCUT2D eigenvalue weighted by molar-refractivity contribution is 7.13. The number of amides is 1. The molecule has 0 radical (unpaired) electrons. The van der Waals surface area contributed by atoms with E-state index in [1.165, 1.54) is 12.8 Å². The normalized spacial score (nSPS) is 25.7. The Bertz CT molecular complexity index is 606. The van der Waals surface area contributed by atoms with Crippen LogP contribution in [0.2, 0.25) is 0 Å². The third kappa shape index (κ3) is 3.33. The van der Waals surface area contributed by atoms with Gasteiger partial charge in [0.25, 0.3) is 0 Å². The van der Waals surface area contributed by atoms with E-state index in [1.807, 2.05) is 16.5 Å². The zero-order valence-corrected chi connectivity index (χ0v) is 14.6. The second-order valence-corrected chi connectivity index (χ2v) is 7.71. The Balaban J connectivity index is 1.26. The van der Waals surface area contributed by atoms with E-state index in [4.69, 9.17) is 5.73 Å². The van der Waals surface area contributed by atoms with Crippen molar-refractivity contribution in [3.63, 3.8) is 0 Å². The summed E-state index contributed by atoms with van der Waals surface area (Å²) in [4.78, 5) is 27.4. The van der Waals surface area contributed by atoms with Crippen LogP contribution in [0.4, 0.5) is 5.13 Å².